The van der Waals surface area contributed by atoms with Crippen molar-refractivity contribution < 1.29 is 0 Å². The van der Waals surface area contributed by atoms with Crippen LogP contribution in [-0.4, -0.2) is 13.7 Å². The number of hydrogen-bond acceptors (Lipinski definition) is 0. The van der Waals surface area contributed by atoms with Crippen LogP contribution in [0.3, 0.4) is 0 Å². The van der Waals surface area contributed by atoms with E-state index in [0.717, 1.165) is 5.69 Å². The maximum atomic E-state index is 2.41. The maximum Gasteiger partial charge on any atom is 0.0541 e. The van der Waals surface area contributed by atoms with Gasteiger partial charge in [0.05, 0.1) is 33.1 Å². The molecule has 0 fully saturated rings. The summed E-state index contributed by atoms with van der Waals surface area (Å²) in [5, 5.41) is 9.97. The molecule has 0 N–H and O–H groups in total. The van der Waals surface area contributed by atoms with Gasteiger partial charge < -0.3 is 13.7 Å². The van der Waals surface area contributed by atoms with Crippen molar-refractivity contribution in [3.63, 3.8) is 0 Å². The summed E-state index contributed by atoms with van der Waals surface area (Å²) >= 11 is 0. The smallest absolute Gasteiger partial charge is 0.0541 e. The van der Waals surface area contributed by atoms with Gasteiger partial charge in [0, 0.05) is 49.4 Å². The molecule has 0 atom stereocenters. The summed E-state index contributed by atoms with van der Waals surface area (Å²) in [6, 6.07) is 82.3. The molecule has 13 aromatic rings. The van der Waals surface area contributed by atoms with Crippen LogP contribution in [0.5, 0.6) is 0 Å². The first-order chi connectivity index (χ1) is 30.2. The minimum Gasteiger partial charge on any atom is -0.309 e. The fraction of sp³-hybridized carbons (Fsp3) is 0. The van der Waals surface area contributed by atoms with Crippen molar-refractivity contribution in [1.82, 2.24) is 13.7 Å². The van der Waals surface area contributed by atoms with E-state index >= 15 is 0 Å². The summed E-state index contributed by atoms with van der Waals surface area (Å²) in [6.07, 6.45) is 0. The van der Waals surface area contributed by atoms with Crippen LogP contribution in [0, 0.1) is 0 Å². The summed E-state index contributed by atoms with van der Waals surface area (Å²) in [4.78, 5) is 0. The number of rotatable bonds is 5. The van der Waals surface area contributed by atoms with Gasteiger partial charge >= 0.3 is 0 Å². The molecule has 0 aliphatic carbocycles. The van der Waals surface area contributed by atoms with Gasteiger partial charge in [-0.3, -0.25) is 0 Å². The number of nitrogens with zero attached hydrogens (tertiary/aromatic N) is 3. The minimum atomic E-state index is 1.15. The second-order valence-corrected chi connectivity index (χ2v) is 16.2. The Morgan fingerprint density at radius 3 is 1.00 bits per heavy atom. The Kier molecular flexibility index (Phi) is 7.31. The zero-order chi connectivity index (χ0) is 40.0. The van der Waals surface area contributed by atoms with Crippen LogP contribution in [0.25, 0.3) is 116 Å². The number of fused-ring (bicyclic) bond motifs is 10. The highest BCUT2D eigenvalue weighted by Crippen LogP contribution is 2.41. The standard InChI is InChI=1S/C58H37N3/c1-3-15-44(16-4-1)59-53-21-11-9-19-47(53)49-34-40(24-29-55(49)59)42-26-31-57-51(36-42)52-37-43(27-32-58(52)60(57)45-17-5-2-6-18-45)41-25-30-56-50(35-41)48-20-10-12-22-54(48)61(56)46-28-23-38-13-7-8-14-39(38)33-46/h1-37H. The number of aromatic nitrogens is 3. The second kappa shape index (κ2) is 13.2. The van der Waals surface area contributed by atoms with Crippen LogP contribution in [0.15, 0.2) is 224 Å². The molecule has 3 heterocycles. The molecule has 0 saturated heterocycles. The zero-order valence-corrected chi connectivity index (χ0v) is 33.2. The van der Waals surface area contributed by atoms with E-state index in [-0.39, 0.29) is 0 Å². The van der Waals surface area contributed by atoms with Crippen LogP contribution < -0.4 is 0 Å². The van der Waals surface area contributed by atoms with Crippen molar-refractivity contribution in [2.24, 2.45) is 0 Å². The van der Waals surface area contributed by atoms with Crippen molar-refractivity contribution in [3.8, 4) is 39.3 Å². The molecule has 3 aromatic heterocycles. The van der Waals surface area contributed by atoms with Crippen molar-refractivity contribution in [2.75, 3.05) is 0 Å². The molecule has 10 aromatic carbocycles. The van der Waals surface area contributed by atoms with Crippen molar-refractivity contribution in [2.45, 2.75) is 0 Å². The van der Waals surface area contributed by atoms with Gasteiger partial charge in [-0.25, -0.2) is 0 Å². The second-order valence-electron chi connectivity index (χ2n) is 16.2. The third kappa shape index (κ3) is 5.17. The summed E-state index contributed by atoms with van der Waals surface area (Å²) in [6.45, 7) is 0. The first-order valence-corrected chi connectivity index (χ1v) is 21.0. The first kappa shape index (κ1) is 33.8. The Balaban J connectivity index is 0.989. The van der Waals surface area contributed by atoms with Crippen molar-refractivity contribution in [1.29, 1.82) is 0 Å². The van der Waals surface area contributed by atoms with Gasteiger partial charge in [-0.15, -0.1) is 0 Å². The first-order valence-electron chi connectivity index (χ1n) is 21.0. The van der Waals surface area contributed by atoms with Crippen LogP contribution in [0.1, 0.15) is 0 Å². The lowest BCUT2D eigenvalue weighted by Crippen LogP contribution is -1.94. The average Bonchev–Trinajstić information content (AvgIpc) is 3.96. The van der Waals surface area contributed by atoms with Crippen LogP contribution in [0.2, 0.25) is 0 Å². The molecule has 0 aliphatic rings. The van der Waals surface area contributed by atoms with Gasteiger partial charge in [0.2, 0.25) is 0 Å². The molecular weight excluding hydrogens is 739 g/mol. The molecule has 0 amide bonds. The third-order valence-corrected chi connectivity index (χ3v) is 12.8. The molecule has 61 heavy (non-hydrogen) atoms. The summed E-state index contributed by atoms with van der Waals surface area (Å²) < 4.78 is 7.20. The Labute approximate surface area is 352 Å². The molecule has 3 nitrogen and oxygen atoms in total. The Hall–Kier alpha value is -8.14. The fourth-order valence-corrected chi connectivity index (χ4v) is 9.99. The predicted octanol–water partition coefficient (Wildman–Crippen LogP) is 15.5. The average molecular weight is 776 g/mol. The largest absolute Gasteiger partial charge is 0.309 e. The topological polar surface area (TPSA) is 14.8 Å². The van der Waals surface area contributed by atoms with E-state index in [9.17, 15) is 0 Å². The van der Waals surface area contributed by atoms with Crippen molar-refractivity contribution in [3.05, 3.63) is 224 Å². The van der Waals surface area contributed by atoms with E-state index < -0.39 is 0 Å². The number of benzene rings is 10. The van der Waals surface area contributed by atoms with Gasteiger partial charge in [0.15, 0.2) is 0 Å². The van der Waals surface area contributed by atoms with E-state index in [1.165, 1.54) is 110 Å². The molecule has 0 aliphatic heterocycles. The van der Waals surface area contributed by atoms with E-state index in [1.54, 1.807) is 0 Å². The predicted molar refractivity (Wildman–Crippen MR) is 258 cm³/mol. The highest BCUT2D eigenvalue weighted by atomic mass is 15.0. The molecular formula is C58H37N3. The van der Waals surface area contributed by atoms with Gasteiger partial charge in [-0.05, 0) is 130 Å². The molecule has 13 rings (SSSR count). The Morgan fingerprint density at radius 1 is 0.197 bits per heavy atom. The SMILES string of the molecule is c1ccc(-n2c3ccccc3c3cc(-c4ccc5c(c4)c4cc(-c6ccc7c(c6)c6ccccc6n7-c6ccc7ccccc7c6)ccc4n5-c4ccccc4)ccc32)cc1. The lowest BCUT2D eigenvalue weighted by Gasteiger charge is -2.10. The molecule has 0 radical (unpaired) electrons. The maximum absolute atomic E-state index is 2.41. The van der Waals surface area contributed by atoms with Crippen LogP contribution in [-0.2, 0) is 0 Å². The fourth-order valence-electron chi connectivity index (χ4n) is 9.99. The van der Waals surface area contributed by atoms with E-state index in [1.807, 2.05) is 0 Å². The van der Waals surface area contributed by atoms with Crippen molar-refractivity contribution >= 4 is 76.2 Å². The lowest BCUT2D eigenvalue weighted by atomic mass is 9.98. The molecule has 0 bridgehead atoms. The molecule has 0 unspecified atom stereocenters. The van der Waals surface area contributed by atoms with Crippen LogP contribution >= 0.6 is 0 Å². The lowest BCUT2D eigenvalue weighted by molar-refractivity contribution is 1.18. The van der Waals surface area contributed by atoms with E-state index in [4.69, 9.17) is 0 Å². The van der Waals surface area contributed by atoms with E-state index in [0.29, 0.717) is 0 Å². The van der Waals surface area contributed by atoms with Gasteiger partial charge in [-0.1, -0.05) is 127 Å². The summed E-state index contributed by atoms with van der Waals surface area (Å²) in [5.41, 5.74) is 15.5. The molecule has 0 saturated carbocycles. The van der Waals surface area contributed by atoms with Gasteiger partial charge in [0.25, 0.3) is 0 Å². The molecule has 284 valence electrons. The third-order valence-electron chi connectivity index (χ3n) is 12.8. The Morgan fingerprint density at radius 2 is 0.541 bits per heavy atom. The molecule has 0 spiro atoms. The zero-order valence-electron chi connectivity index (χ0n) is 33.2. The highest BCUT2D eigenvalue weighted by molar-refractivity contribution is 6.14. The number of hydrogen-bond donors (Lipinski definition) is 0. The Bertz CT molecular complexity index is 3860. The van der Waals surface area contributed by atoms with Gasteiger partial charge in [0.1, 0.15) is 0 Å². The van der Waals surface area contributed by atoms with Crippen LogP contribution in [0.4, 0.5) is 0 Å². The minimum absolute atomic E-state index is 1.15. The number of para-hydroxylation sites is 4. The summed E-state index contributed by atoms with van der Waals surface area (Å²) in [7, 11) is 0. The van der Waals surface area contributed by atoms with E-state index in [2.05, 4.69) is 238 Å². The quantitative estimate of drug-likeness (QED) is 0.165. The highest BCUT2D eigenvalue weighted by Gasteiger charge is 2.18. The molecule has 3 heteroatoms. The monoisotopic (exact) mass is 775 g/mol. The normalized spacial score (nSPS) is 11.9. The van der Waals surface area contributed by atoms with Gasteiger partial charge in [-0.2, -0.15) is 0 Å². The summed E-state index contributed by atoms with van der Waals surface area (Å²) in [5.74, 6) is 0.